The van der Waals surface area contributed by atoms with E-state index in [-0.39, 0.29) is 16.5 Å². The second-order valence-corrected chi connectivity index (χ2v) is 9.14. The lowest BCUT2D eigenvalue weighted by molar-refractivity contribution is 0.201. The Morgan fingerprint density at radius 3 is 2.76 bits per heavy atom. The van der Waals surface area contributed by atoms with Crippen LogP contribution in [0.2, 0.25) is 0 Å². The van der Waals surface area contributed by atoms with Crippen molar-refractivity contribution in [1.82, 2.24) is 19.6 Å². The lowest BCUT2D eigenvalue weighted by atomic mass is 9.97. The van der Waals surface area contributed by atoms with Crippen LogP contribution < -0.4 is 10.1 Å². The molecule has 33 heavy (non-hydrogen) atoms. The molecular formula is C25H23F2N5O. The first-order valence-corrected chi connectivity index (χ1v) is 10.8. The molecule has 8 heteroatoms. The van der Waals surface area contributed by atoms with E-state index in [0.29, 0.717) is 35.8 Å². The van der Waals surface area contributed by atoms with Crippen LogP contribution in [-0.4, -0.2) is 26.1 Å². The number of hydrogen-bond donors (Lipinski definition) is 1. The summed E-state index contributed by atoms with van der Waals surface area (Å²) in [5.74, 6) is 5.94. The van der Waals surface area contributed by atoms with Crippen LogP contribution in [-0.2, 0) is 0 Å². The number of halogens is 2. The van der Waals surface area contributed by atoms with E-state index in [4.69, 9.17) is 4.74 Å². The number of aryl methyl sites for hydroxylation is 1. The van der Waals surface area contributed by atoms with Crippen LogP contribution in [0, 0.1) is 35.8 Å². The molecule has 2 aromatic heterocycles. The monoisotopic (exact) mass is 447 g/mol. The van der Waals surface area contributed by atoms with E-state index in [1.165, 1.54) is 6.07 Å². The van der Waals surface area contributed by atoms with Crippen LogP contribution in [0.15, 0.2) is 30.3 Å². The van der Waals surface area contributed by atoms with Gasteiger partial charge in [0.05, 0.1) is 27.8 Å². The van der Waals surface area contributed by atoms with Gasteiger partial charge in [0.25, 0.3) is 5.78 Å². The lowest BCUT2D eigenvalue weighted by Gasteiger charge is -2.20. The van der Waals surface area contributed by atoms with E-state index in [9.17, 15) is 4.39 Å². The molecule has 1 aliphatic rings. The first kappa shape index (κ1) is 21.1. The fraction of sp³-hybridized carbons (Fsp3) is 0.320. The molecule has 1 atom stereocenters. The van der Waals surface area contributed by atoms with Crippen LogP contribution in [0.25, 0.3) is 16.7 Å². The van der Waals surface area contributed by atoms with Crippen LogP contribution in [0.5, 0.6) is 5.75 Å². The van der Waals surface area contributed by atoms with E-state index in [1.54, 1.807) is 11.3 Å². The average Bonchev–Trinajstić information content (AvgIpc) is 3.00. The summed E-state index contributed by atoms with van der Waals surface area (Å²) < 4.78 is 37.5. The molecule has 0 saturated carbocycles. The quantitative estimate of drug-likeness (QED) is 0.407. The summed E-state index contributed by atoms with van der Waals surface area (Å²) in [6.45, 7) is 8.40. The minimum Gasteiger partial charge on any atom is -0.481 e. The van der Waals surface area contributed by atoms with Gasteiger partial charge in [-0.25, -0.2) is 13.8 Å². The summed E-state index contributed by atoms with van der Waals surface area (Å²) in [5.41, 5.74) is 2.06. The maximum Gasteiger partial charge on any atom is 0.255 e. The smallest absolute Gasteiger partial charge is 0.255 e. The molecule has 5 rings (SSSR count). The minimum absolute atomic E-state index is 0.0668. The number of nitrogens with one attached hydrogen (secondary N) is 1. The first-order valence-electron chi connectivity index (χ1n) is 10.8. The molecule has 0 spiro atoms. The predicted molar refractivity (Wildman–Crippen MR) is 122 cm³/mol. The van der Waals surface area contributed by atoms with Crippen molar-refractivity contribution in [3.63, 3.8) is 0 Å². The van der Waals surface area contributed by atoms with E-state index in [1.807, 2.05) is 39.0 Å². The number of para-hydroxylation sites is 1. The molecular weight excluding hydrogens is 424 g/mol. The summed E-state index contributed by atoms with van der Waals surface area (Å²) >= 11 is 0. The van der Waals surface area contributed by atoms with Crippen molar-refractivity contribution >= 4 is 22.4 Å². The highest BCUT2D eigenvalue weighted by atomic mass is 19.2. The predicted octanol–water partition coefficient (Wildman–Crippen LogP) is 5.20. The number of rotatable bonds is 1. The zero-order chi connectivity index (χ0) is 23.3. The standard InChI is InChI=1S/C25H23F2N5O/c1-14-30-31-24-29-22(20-18(32(14)24)9-8-16(26)21(20)27)19-11-13-28-17-7-5-6-15(23(17)33-19)10-12-25(2,3)4/h5-9,19,28H,11,13H2,1-4H3. The zero-order valence-corrected chi connectivity index (χ0v) is 18.8. The summed E-state index contributed by atoms with van der Waals surface area (Å²) in [7, 11) is 0. The van der Waals surface area contributed by atoms with Gasteiger partial charge >= 0.3 is 0 Å². The van der Waals surface area contributed by atoms with Gasteiger partial charge < -0.3 is 10.1 Å². The number of ether oxygens (including phenoxy) is 1. The van der Waals surface area contributed by atoms with Gasteiger partial charge in [0.1, 0.15) is 11.9 Å². The number of anilines is 1. The molecule has 2 aromatic carbocycles. The third-order valence-corrected chi connectivity index (χ3v) is 5.47. The highest BCUT2D eigenvalue weighted by Crippen LogP contribution is 2.39. The SMILES string of the molecule is Cc1nnc2nc(C3CCNc4cccc(C#CC(C)(C)C)c4O3)c3c(F)c(F)ccc3n12. The molecule has 1 unspecified atom stereocenters. The van der Waals surface area contributed by atoms with Gasteiger partial charge in [0, 0.05) is 18.4 Å². The first-order chi connectivity index (χ1) is 15.7. The maximum atomic E-state index is 15.1. The molecule has 0 aliphatic carbocycles. The fourth-order valence-electron chi connectivity index (χ4n) is 3.96. The second-order valence-electron chi connectivity index (χ2n) is 9.14. The summed E-state index contributed by atoms with van der Waals surface area (Å²) in [4.78, 5) is 4.57. The van der Waals surface area contributed by atoms with Gasteiger partial charge in [-0.1, -0.05) is 17.9 Å². The van der Waals surface area contributed by atoms with Crippen molar-refractivity contribution in [1.29, 1.82) is 0 Å². The molecule has 1 aliphatic heterocycles. The minimum atomic E-state index is -0.966. The van der Waals surface area contributed by atoms with Crippen LogP contribution in [0.1, 0.15) is 50.4 Å². The Labute approximate surface area is 190 Å². The summed E-state index contributed by atoms with van der Waals surface area (Å²) in [6.07, 6.45) is -0.153. The Morgan fingerprint density at radius 2 is 1.97 bits per heavy atom. The Morgan fingerprint density at radius 1 is 1.15 bits per heavy atom. The highest BCUT2D eigenvalue weighted by Gasteiger charge is 2.28. The van der Waals surface area contributed by atoms with Crippen molar-refractivity contribution in [2.75, 3.05) is 11.9 Å². The Hall–Kier alpha value is -3.73. The molecule has 168 valence electrons. The number of hydrogen-bond acceptors (Lipinski definition) is 5. The average molecular weight is 447 g/mol. The molecule has 1 N–H and O–H groups in total. The van der Waals surface area contributed by atoms with Crippen molar-refractivity contribution in [2.45, 2.75) is 40.2 Å². The van der Waals surface area contributed by atoms with Crippen LogP contribution >= 0.6 is 0 Å². The summed E-state index contributed by atoms with van der Waals surface area (Å²) in [5, 5.41) is 11.6. The Kier molecular flexibility index (Phi) is 4.93. The van der Waals surface area contributed by atoms with Crippen LogP contribution in [0.3, 0.4) is 0 Å². The Balaban J connectivity index is 1.71. The lowest BCUT2D eigenvalue weighted by Crippen LogP contribution is -2.14. The van der Waals surface area contributed by atoms with Crippen molar-refractivity contribution in [3.8, 4) is 17.6 Å². The molecule has 0 radical (unpaired) electrons. The van der Waals surface area contributed by atoms with E-state index >= 15 is 4.39 Å². The third kappa shape index (κ3) is 3.74. The normalized spacial score (nSPS) is 15.9. The van der Waals surface area contributed by atoms with Gasteiger partial charge in [0.2, 0.25) is 0 Å². The van der Waals surface area contributed by atoms with E-state index in [0.717, 1.165) is 17.3 Å². The van der Waals surface area contributed by atoms with Gasteiger partial charge in [-0.05, 0) is 52.0 Å². The van der Waals surface area contributed by atoms with Gasteiger partial charge in [-0.3, -0.25) is 4.40 Å². The Bertz CT molecular complexity index is 1460. The number of aromatic nitrogens is 4. The summed E-state index contributed by atoms with van der Waals surface area (Å²) in [6, 6.07) is 8.34. The third-order valence-electron chi connectivity index (χ3n) is 5.47. The molecule has 0 bridgehead atoms. The zero-order valence-electron chi connectivity index (χ0n) is 18.8. The number of benzene rings is 2. The fourth-order valence-corrected chi connectivity index (χ4v) is 3.96. The van der Waals surface area contributed by atoms with Crippen LogP contribution in [0.4, 0.5) is 14.5 Å². The number of nitrogens with zero attached hydrogens (tertiary/aromatic N) is 4. The molecule has 6 nitrogen and oxygen atoms in total. The van der Waals surface area contributed by atoms with Gasteiger partial charge in [-0.15, -0.1) is 10.2 Å². The van der Waals surface area contributed by atoms with E-state index < -0.39 is 17.7 Å². The molecule has 0 amide bonds. The molecule has 0 saturated heterocycles. The molecule has 0 fully saturated rings. The maximum absolute atomic E-state index is 15.1. The van der Waals surface area contributed by atoms with Crippen molar-refractivity contribution in [2.24, 2.45) is 5.41 Å². The highest BCUT2D eigenvalue weighted by molar-refractivity contribution is 5.85. The number of fused-ring (bicyclic) bond motifs is 4. The van der Waals surface area contributed by atoms with Crippen molar-refractivity contribution in [3.05, 3.63) is 59.0 Å². The topological polar surface area (TPSA) is 64.3 Å². The molecule has 4 aromatic rings. The van der Waals surface area contributed by atoms with E-state index in [2.05, 4.69) is 32.3 Å². The van der Waals surface area contributed by atoms with Gasteiger partial charge in [0.15, 0.2) is 17.4 Å². The second kappa shape index (κ2) is 7.69. The largest absolute Gasteiger partial charge is 0.481 e. The molecule has 3 heterocycles. The van der Waals surface area contributed by atoms with Gasteiger partial charge in [-0.2, -0.15) is 0 Å². The van der Waals surface area contributed by atoms with Crippen molar-refractivity contribution < 1.29 is 13.5 Å².